The first-order chi connectivity index (χ1) is 8.16. The number of nitrogens with two attached hydrogens (primary N) is 1. The Morgan fingerprint density at radius 3 is 3.00 bits per heavy atom. The van der Waals surface area contributed by atoms with Crippen molar-refractivity contribution in [1.29, 1.82) is 0 Å². The highest BCUT2D eigenvalue weighted by Crippen LogP contribution is 2.20. The summed E-state index contributed by atoms with van der Waals surface area (Å²) < 4.78 is 0. The second-order valence-corrected chi connectivity index (χ2v) is 3.28. The average Bonchev–Trinajstić information content (AvgIpc) is 2.82. The monoisotopic (exact) mass is 234 g/mol. The highest BCUT2D eigenvalue weighted by Gasteiger charge is 2.08. The summed E-state index contributed by atoms with van der Waals surface area (Å²) >= 11 is 0. The highest BCUT2D eigenvalue weighted by atomic mass is 16.3. The molecule has 1 heterocycles. The normalized spacial score (nSPS) is 10.1. The van der Waals surface area contributed by atoms with Crippen molar-refractivity contribution in [3.8, 4) is 5.75 Å². The molecule has 1 aromatic carbocycles. The molecule has 0 aliphatic rings. The van der Waals surface area contributed by atoms with Gasteiger partial charge >= 0.3 is 0 Å². The molecule has 0 bridgehead atoms. The van der Waals surface area contributed by atoms with Crippen LogP contribution in [-0.4, -0.2) is 31.6 Å². The van der Waals surface area contributed by atoms with Gasteiger partial charge in [-0.3, -0.25) is 4.79 Å². The van der Waals surface area contributed by atoms with Crippen LogP contribution in [0.5, 0.6) is 5.75 Å². The molecule has 5 N–H and O–H groups in total. The number of aromatic hydroxyl groups is 1. The summed E-state index contributed by atoms with van der Waals surface area (Å²) in [5, 5.41) is 24.9. The smallest absolute Gasteiger partial charge is 0.251 e. The molecule has 88 valence electrons. The summed E-state index contributed by atoms with van der Waals surface area (Å²) in [6.07, 6.45) is 0. The van der Waals surface area contributed by atoms with Crippen molar-refractivity contribution < 1.29 is 9.90 Å². The van der Waals surface area contributed by atoms with E-state index in [0.717, 1.165) is 0 Å². The third-order valence-corrected chi connectivity index (χ3v) is 2.09. The number of anilines is 1. The maximum Gasteiger partial charge on any atom is 0.251 e. The number of aromatic amines is 1. The van der Waals surface area contributed by atoms with Gasteiger partial charge in [-0.15, -0.1) is 10.2 Å². The number of phenols is 1. The van der Waals surface area contributed by atoms with Crippen LogP contribution >= 0.6 is 0 Å². The lowest BCUT2D eigenvalue weighted by atomic mass is 10.2. The number of tetrazole rings is 1. The van der Waals surface area contributed by atoms with Crippen molar-refractivity contribution in [1.82, 2.24) is 25.9 Å². The Morgan fingerprint density at radius 2 is 2.35 bits per heavy atom. The number of phenolic OH excluding ortho intramolecular Hbond substituents is 1. The number of hydrogen-bond donors (Lipinski definition) is 4. The minimum absolute atomic E-state index is 0.128. The summed E-state index contributed by atoms with van der Waals surface area (Å²) in [7, 11) is 0. The van der Waals surface area contributed by atoms with Crippen molar-refractivity contribution >= 4 is 11.6 Å². The van der Waals surface area contributed by atoms with Crippen molar-refractivity contribution in [3.05, 3.63) is 29.6 Å². The zero-order valence-electron chi connectivity index (χ0n) is 8.71. The van der Waals surface area contributed by atoms with E-state index in [9.17, 15) is 9.90 Å². The van der Waals surface area contributed by atoms with E-state index < -0.39 is 0 Å². The molecule has 8 nitrogen and oxygen atoms in total. The number of carbonyl (C=O) groups excluding carboxylic acids is 1. The minimum Gasteiger partial charge on any atom is -0.506 e. The quantitative estimate of drug-likeness (QED) is 0.415. The topological polar surface area (TPSA) is 130 Å². The number of nitrogens with zero attached hydrogens (tertiary/aromatic N) is 3. The SMILES string of the molecule is Nc1ccc(C(=O)NCc2nn[nH]n2)cc1O. The number of nitrogen functional groups attached to an aromatic ring is 1. The fourth-order valence-electron chi connectivity index (χ4n) is 1.20. The third-order valence-electron chi connectivity index (χ3n) is 2.09. The van der Waals surface area contributed by atoms with Crippen LogP contribution in [0.25, 0.3) is 0 Å². The zero-order chi connectivity index (χ0) is 12.3. The minimum atomic E-state index is -0.356. The molecular weight excluding hydrogens is 224 g/mol. The van der Waals surface area contributed by atoms with Gasteiger partial charge < -0.3 is 16.2 Å². The lowest BCUT2D eigenvalue weighted by Crippen LogP contribution is -2.23. The lowest BCUT2D eigenvalue weighted by Gasteiger charge is -2.04. The van der Waals surface area contributed by atoms with Gasteiger partial charge in [-0.25, -0.2) is 0 Å². The Labute approximate surface area is 95.8 Å². The Bertz CT molecular complexity index is 524. The first-order valence-corrected chi connectivity index (χ1v) is 4.76. The van der Waals surface area contributed by atoms with Crippen LogP contribution in [0.3, 0.4) is 0 Å². The molecule has 0 radical (unpaired) electrons. The highest BCUT2D eigenvalue weighted by molar-refractivity contribution is 5.95. The first kappa shape index (κ1) is 10.9. The van der Waals surface area contributed by atoms with Crippen LogP contribution in [0.15, 0.2) is 18.2 Å². The molecular formula is C9H10N6O2. The van der Waals surface area contributed by atoms with Crippen LogP contribution in [0, 0.1) is 0 Å². The maximum absolute atomic E-state index is 11.7. The van der Waals surface area contributed by atoms with Gasteiger partial charge in [-0.1, -0.05) is 5.21 Å². The van der Waals surface area contributed by atoms with Gasteiger partial charge in [0.1, 0.15) is 5.75 Å². The molecule has 0 saturated heterocycles. The summed E-state index contributed by atoms with van der Waals surface area (Å²) in [6, 6.07) is 4.26. The number of benzene rings is 1. The number of rotatable bonds is 3. The van der Waals surface area contributed by atoms with E-state index in [1.54, 1.807) is 0 Å². The van der Waals surface area contributed by atoms with Crippen LogP contribution in [0.1, 0.15) is 16.2 Å². The summed E-state index contributed by atoms with van der Waals surface area (Å²) in [4.78, 5) is 11.7. The van der Waals surface area contributed by atoms with Crippen LogP contribution in [0.2, 0.25) is 0 Å². The van der Waals surface area contributed by atoms with Crippen molar-refractivity contribution in [2.24, 2.45) is 0 Å². The van der Waals surface area contributed by atoms with Crippen molar-refractivity contribution in [2.45, 2.75) is 6.54 Å². The molecule has 2 aromatic rings. The number of hydrogen-bond acceptors (Lipinski definition) is 6. The predicted octanol–water partition coefficient (Wildman–Crippen LogP) is -0.583. The fourth-order valence-corrected chi connectivity index (χ4v) is 1.20. The Kier molecular flexibility index (Phi) is 2.86. The van der Waals surface area contributed by atoms with E-state index in [-0.39, 0.29) is 23.9 Å². The van der Waals surface area contributed by atoms with Crippen LogP contribution in [-0.2, 0) is 6.54 Å². The van der Waals surface area contributed by atoms with E-state index in [2.05, 4.69) is 25.9 Å². The number of H-pyrrole nitrogens is 1. The first-order valence-electron chi connectivity index (χ1n) is 4.76. The van der Waals surface area contributed by atoms with Crippen LogP contribution in [0.4, 0.5) is 5.69 Å². The number of amides is 1. The number of nitrogens with one attached hydrogen (secondary N) is 2. The Morgan fingerprint density at radius 1 is 1.53 bits per heavy atom. The third kappa shape index (κ3) is 2.48. The molecule has 17 heavy (non-hydrogen) atoms. The van der Waals surface area contributed by atoms with E-state index >= 15 is 0 Å². The summed E-state index contributed by atoms with van der Waals surface area (Å²) in [5.41, 5.74) is 5.95. The van der Waals surface area contributed by atoms with Crippen LogP contribution < -0.4 is 11.1 Å². The molecule has 0 saturated carbocycles. The molecule has 0 atom stereocenters. The van der Waals surface area contributed by atoms with Gasteiger partial charge in [0.2, 0.25) is 0 Å². The molecule has 1 aromatic heterocycles. The maximum atomic E-state index is 11.7. The standard InChI is InChI=1S/C9H10N6O2/c10-6-2-1-5(3-7(6)16)9(17)11-4-8-12-14-15-13-8/h1-3,16H,4,10H2,(H,11,17)(H,12,13,14,15). The van der Waals surface area contributed by atoms with Crippen molar-refractivity contribution in [2.75, 3.05) is 5.73 Å². The Balaban J connectivity index is 2.02. The molecule has 0 fully saturated rings. The van der Waals surface area contributed by atoms with Gasteiger partial charge in [0, 0.05) is 5.56 Å². The molecule has 8 heteroatoms. The molecule has 1 amide bonds. The van der Waals surface area contributed by atoms with Gasteiger partial charge in [0.15, 0.2) is 5.82 Å². The summed E-state index contributed by atoms with van der Waals surface area (Å²) in [5.74, 6) is -0.111. The van der Waals surface area contributed by atoms with Gasteiger partial charge in [0.25, 0.3) is 5.91 Å². The van der Waals surface area contributed by atoms with E-state index in [0.29, 0.717) is 11.4 Å². The molecule has 0 unspecified atom stereocenters. The predicted molar refractivity (Wildman–Crippen MR) is 57.9 cm³/mol. The molecule has 0 aliphatic heterocycles. The number of carbonyl (C=O) groups is 1. The molecule has 2 rings (SSSR count). The molecule has 0 aliphatic carbocycles. The lowest BCUT2D eigenvalue weighted by molar-refractivity contribution is 0.0949. The second-order valence-electron chi connectivity index (χ2n) is 3.28. The fraction of sp³-hybridized carbons (Fsp3) is 0.111. The van der Waals surface area contributed by atoms with Gasteiger partial charge in [-0.2, -0.15) is 5.21 Å². The zero-order valence-corrected chi connectivity index (χ0v) is 8.71. The van der Waals surface area contributed by atoms with Crippen molar-refractivity contribution in [3.63, 3.8) is 0 Å². The van der Waals surface area contributed by atoms with E-state index in [1.807, 2.05) is 0 Å². The van der Waals surface area contributed by atoms with Gasteiger partial charge in [-0.05, 0) is 18.2 Å². The van der Waals surface area contributed by atoms with Gasteiger partial charge in [0.05, 0.1) is 12.2 Å². The van der Waals surface area contributed by atoms with E-state index in [4.69, 9.17) is 5.73 Å². The Hall–Kier alpha value is -2.64. The average molecular weight is 234 g/mol. The molecule has 0 spiro atoms. The van der Waals surface area contributed by atoms with E-state index in [1.165, 1.54) is 18.2 Å². The number of aromatic nitrogens is 4. The second kappa shape index (κ2) is 4.47. The summed E-state index contributed by atoms with van der Waals surface area (Å²) in [6.45, 7) is 0.153. The largest absolute Gasteiger partial charge is 0.506 e.